The molecule has 0 saturated carbocycles. The van der Waals surface area contributed by atoms with E-state index >= 15 is 0 Å². The highest BCUT2D eigenvalue weighted by Gasteiger charge is 2.44. The number of aliphatic hydroxyl groups excluding tert-OH is 5. The number of allylic oxidation sites excluding steroid dienone is 9. The van der Waals surface area contributed by atoms with Crippen LogP contribution in [0.1, 0.15) is 309 Å². The van der Waals surface area contributed by atoms with Gasteiger partial charge in [-0.1, -0.05) is 286 Å². The maximum Gasteiger partial charge on any atom is 0.220 e. The van der Waals surface area contributed by atoms with Gasteiger partial charge in [-0.05, 0) is 77.0 Å². The fourth-order valence-corrected chi connectivity index (χ4v) is 10.3. The van der Waals surface area contributed by atoms with Crippen molar-refractivity contribution in [3.63, 3.8) is 0 Å². The van der Waals surface area contributed by atoms with Crippen LogP contribution in [0.3, 0.4) is 0 Å². The van der Waals surface area contributed by atoms with E-state index in [1.165, 1.54) is 238 Å². The predicted molar refractivity (Wildman–Crippen MR) is 327 cm³/mol. The number of amides is 1. The van der Waals surface area contributed by atoms with Crippen molar-refractivity contribution in [2.45, 2.75) is 352 Å². The quantitative estimate of drug-likeness (QED) is 0.0261. The van der Waals surface area contributed by atoms with Crippen LogP contribution in [0.25, 0.3) is 0 Å². The van der Waals surface area contributed by atoms with Gasteiger partial charge in [-0.25, -0.2) is 0 Å². The first kappa shape index (κ1) is 72.9. The molecule has 6 N–H and O–H groups in total. The van der Waals surface area contributed by atoms with Crippen LogP contribution in [0.2, 0.25) is 0 Å². The van der Waals surface area contributed by atoms with Gasteiger partial charge in [0.2, 0.25) is 5.91 Å². The second-order valence-electron chi connectivity index (χ2n) is 22.9. The van der Waals surface area contributed by atoms with Gasteiger partial charge in [0.1, 0.15) is 24.4 Å². The van der Waals surface area contributed by atoms with Crippen molar-refractivity contribution in [3.05, 3.63) is 60.8 Å². The lowest BCUT2D eigenvalue weighted by Crippen LogP contribution is -2.60. The SMILES string of the molecule is CCCCCCC/C=C\C/C=C\CCCCCCCCCCCCCCCCCCCCCCCCCCCC(=O)NC(COC1OC(CO)C(O)C(O)C1O)C(O)/C=C/CC/C=C/CC/C=C/CCCCCCCCC. The number of hydrogen-bond acceptors (Lipinski definition) is 8. The van der Waals surface area contributed by atoms with E-state index in [4.69, 9.17) is 9.47 Å². The van der Waals surface area contributed by atoms with Gasteiger partial charge in [0, 0.05) is 6.42 Å². The van der Waals surface area contributed by atoms with Gasteiger partial charge in [-0.2, -0.15) is 0 Å². The van der Waals surface area contributed by atoms with E-state index in [-0.39, 0.29) is 12.5 Å². The summed E-state index contributed by atoms with van der Waals surface area (Å²) in [5.41, 5.74) is 0. The molecule has 450 valence electrons. The number of carbonyl (C=O) groups is 1. The molecule has 0 aromatic heterocycles. The number of carbonyl (C=O) groups excluding carboxylic acids is 1. The minimum atomic E-state index is -1.58. The number of rotatable bonds is 57. The van der Waals surface area contributed by atoms with Gasteiger partial charge >= 0.3 is 0 Å². The number of ether oxygens (including phenoxy) is 2. The molecular weight excluding hydrogens is 959 g/mol. The van der Waals surface area contributed by atoms with Crippen molar-refractivity contribution in [2.24, 2.45) is 0 Å². The van der Waals surface area contributed by atoms with Crippen LogP contribution >= 0.6 is 0 Å². The molecule has 0 aromatic carbocycles. The molecule has 0 radical (unpaired) electrons. The van der Waals surface area contributed by atoms with Crippen molar-refractivity contribution < 1.29 is 39.8 Å². The van der Waals surface area contributed by atoms with Crippen LogP contribution in [0, 0.1) is 0 Å². The van der Waals surface area contributed by atoms with E-state index in [1.54, 1.807) is 6.08 Å². The molecule has 77 heavy (non-hydrogen) atoms. The third kappa shape index (κ3) is 46.2. The van der Waals surface area contributed by atoms with Gasteiger partial charge in [-0.15, -0.1) is 0 Å². The van der Waals surface area contributed by atoms with Gasteiger partial charge in [0.15, 0.2) is 6.29 Å². The minimum absolute atomic E-state index is 0.187. The summed E-state index contributed by atoms with van der Waals surface area (Å²) in [6, 6.07) is -0.828. The zero-order chi connectivity index (χ0) is 55.8. The normalized spacial score (nSPS) is 19.1. The fourth-order valence-electron chi connectivity index (χ4n) is 10.3. The summed E-state index contributed by atoms with van der Waals surface area (Å²) < 4.78 is 11.3. The zero-order valence-corrected chi connectivity index (χ0v) is 50.2. The molecule has 0 aliphatic carbocycles. The highest BCUT2D eigenvalue weighted by atomic mass is 16.7. The van der Waals surface area contributed by atoms with E-state index in [0.717, 1.165) is 51.4 Å². The third-order valence-corrected chi connectivity index (χ3v) is 15.5. The van der Waals surface area contributed by atoms with Gasteiger partial charge in [0.25, 0.3) is 0 Å². The maximum absolute atomic E-state index is 13.1. The number of unbranched alkanes of at least 4 members (excludes halogenated alkanes) is 39. The summed E-state index contributed by atoms with van der Waals surface area (Å²) in [5, 5.41) is 54.5. The summed E-state index contributed by atoms with van der Waals surface area (Å²) in [6.07, 6.45) is 71.9. The molecule has 1 aliphatic rings. The molecule has 1 heterocycles. The number of nitrogens with one attached hydrogen (secondary N) is 1. The topological polar surface area (TPSA) is 149 Å². The average Bonchev–Trinajstić information content (AvgIpc) is 3.43. The zero-order valence-electron chi connectivity index (χ0n) is 50.2. The largest absolute Gasteiger partial charge is 0.394 e. The first-order valence-corrected chi connectivity index (χ1v) is 33.0. The minimum Gasteiger partial charge on any atom is -0.394 e. The van der Waals surface area contributed by atoms with Gasteiger partial charge < -0.3 is 40.3 Å². The molecule has 9 heteroatoms. The summed E-state index contributed by atoms with van der Waals surface area (Å²) in [5.74, 6) is -0.187. The smallest absolute Gasteiger partial charge is 0.220 e. The average molecular weight is 1080 g/mol. The second kappa shape index (κ2) is 57.1. The molecule has 1 aliphatic heterocycles. The lowest BCUT2D eigenvalue weighted by molar-refractivity contribution is -0.302. The highest BCUT2D eigenvalue weighted by Crippen LogP contribution is 2.23. The second-order valence-corrected chi connectivity index (χ2v) is 22.9. The number of aliphatic hydroxyl groups is 5. The van der Waals surface area contributed by atoms with E-state index in [9.17, 15) is 30.3 Å². The van der Waals surface area contributed by atoms with Gasteiger partial charge in [-0.3, -0.25) is 4.79 Å². The van der Waals surface area contributed by atoms with Crippen molar-refractivity contribution in [1.82, 2.24) is 5.32 Å². The molecule has 1 saturated heterocycles. The van der Waals surface area contributed by atoms with Crippen LogP contribution in [0.4, 0.5) is 0 Å². The molecule has 0 bridgehead atoms. The number of hydrogen-bond donors (Lipinski definition) is 6. The van der Waals surface area contributed by atoms with Gasteiger partial charge in [0.05, 0.1) is 25.4 Å². The first-order chi connectivity index (χ1) is 37.8. The molecule has 7 unspecified atom stereocenters. The van der Waals surface area contributed by atoms with Crippen LogP contribution < -0.4 is 5.32 Å². The molecule has 0 aromatic rings. The Labute approximate surface area is 475 Å². The molecule has 1 rings (SSSR count). The van der Waals surface area contributed by atoms with Crippen LogP contribution in [0.5, 0.6) is 0 Å². The molecule has 1 fully saturated rings. The molecule has 0 spiro atoms. The molecule has 7 atom stereocenters. The van der Waals surface area contributed by atoms with Crippen LogP contribution in [-0.4, -0.2) is 87.5 Å². The fraction of sp³-hybridized carbons (Fsp3) is 0.838. The summed E-state index contributed by atoms with van der Waals surface area (Å²) in [7, 11) is 0. The molecule has 1 amide bonds. The van der Waals surface area contributed by atoms with E-state index < -0.39 is 49.5 Å². The van der Waals surface area contributed by atoms with Crippen molar-refractivity contribution >= 4 is 5.91 Å². The predicted octanol–water partition coefficient (Wildman–Crippen LogP) is 17.4. The Balaban J connectivity index is 2.09. The Morgan fingerprint density at radius 1 is 0.442 bits per heavy atom. The summed E-state index contributed by atoms with van der Waals surface area (Å²) in [4.78, 5) is 13.1. The van der Waals surface area contributed by atoms with Crippen molar-refractivity contribution in [3.8, 4) is 0 Å². The lowest BCUT2D eigenvalue weighted by Gasteiger charge is -2.40. The standard InChI is InChI=1S/C68H125NO8/c1-3-5-7-9-11-13-15-17-19-21-22-23-24-25-26-27-28-29-30-31-32-33-34-35-36-37-38-39-40-42-44-46-48-50-52-54-56-58-64(72)69-61(60-76-68-67(75)66(74)65(73)63(59-70)77-68)62(71)57-55-53-51-49-47-45-43-41-20-18-16-14-12-10-8-6-4-2/h15,17,20-22,41,47,49,55,57,61-63,65-68,70-71,73-75H,3-14,16,18-19,23-40,42-46,48,50-54,56,58-60H2,1-2H3,(H,69,72)/b17-15-,22-21-,41-20+,49-47+,57-55+. The van der Waals surface area contributed by atoms with Crippen molar-refractivity contribution in [2.75, 3.05) is 13.2 Å². The molecular formula is C68H125NO8. The monoisotopic (exact) mass is 1080 g/mol. The Hall–Kier alpha value is -2.11. The maximum atomic E-state index is 13.1. The van der Waals surface area contributed by atoms with E-state index in [2.05, 4.69) is 67.8 Å². The first-order valence-electron chi connectivity index (χ1n) is 33.0. The summed E-state index contributed by atoms with van der Waals surface area (Å²) >= 11 is 0. The Bertz CT molecular complexity index is 1400. The Morgan fingerprint density at radius 3 is 1.17 bits per heavy atom. The lowest BCUT2D eigenvalue weighted by atomic mass is 9.99. The van der Waals surface area contributed by atoms with Crippen LogP contribution in [-0.2, 0) is 14.3 Å². The Morgan fingerprint density at radius 2 is 0.779 bits per heavy atom. The third-order valence-electron chi connectivity index (χ3n) is 15.5. The van der Waals surface area contributed by atoms with Crippen LogP contribution in [0.15, 0.2) is 60.8 Å². The highest BCUT2D eigenvalue weighted by molar-refractivity contribution is 5.76. The van der Waals surface area contributed by atoms with E-state index in [0.29, 0.717) is 6.42 Å². The van der Waals surface area contributed by atoms with Crippen molar-refractivity contribution in [1.29, 1.82) is 0 Å². The van der Waals surface area contributed by atoms with E-state index in [1.807, 2.05) is 6.08 Å². The molecule has 9 nitrogen and oxygen atoms in total. The summed E-state index contributed by atoms with van der Waals surface area (Å²) in [6.45, 7) is 3.76. The Kier molecular flexibility index (Phi) is 54.1.